The first-order valence-corrected chi connectivity index (χ1v) is 5.45. The van der Waals surface area contributed by atoms with Gasteiger partial charge in [-0.1, -0.05) is 36.4 Å². The molecule has 0 aromatic heterocycles. The Balaban J connectivity index is 2.40. The summed E-state index contributed by atoms with van der Waals surface area (Å²) in [4.78, 5) is 4.60. The Bertz CT molecular complexity index is 561. The maximum atomic E-state index is 4.60. The highest BCUT2D eigenvalue weighted by Crippen LogP contribution is 2.15. The molecule has 0 fully saturated rings. The van der Waals surface area contributed by atoms with Crippen LogP contribution < -0.4 is 10.4 Å². The number of rotatable bonds is 0. The van der Waals surface area contributed by atoms with E-state index in [4.69, 9.17) is 0 Å². The van der Waals surface area contributed by atoms with Gasteiger partial charge in [0.15, 0.2) is 0 Å². The number of allylic oxidation sites excluding steroid dienone is 2. The second-order valence-electron chi connectivity index (χ2n) is 3.94. The topological polar surface area (TPSA) is 12.4 Å². The van der Waals surface area contributed by atoms with Crippen LogP contribution in [0.2, 0.25) is 0 Å². The van der Waals surface area contributed by atoms with Crippen LogP contribution in [0.15, 0.2) is 41.4 Å². The average molecular weight is 195 g/mol. The third-order valence-electron chi connectivity index (χ3n) is 3.00. The summed E-state index contributed by atoms with van der Waals surface area (Å²) < 4.78 is 0. The van der Waals surface area contributed by atoms with E-state index in [1.807, 2.05) is 0 Å². The highest BCUT2D eigenvalue weighted by atomic mass is 14.7. The Hall–Kier alpha value is -1.63. The predicted molar refractivity (Wildman–Crippen MR) is 64.2 cm³/mol. The maximum absolute atomic E-state index is 4.60. The van der Waals surface area contributed by atoms with Crippen LogP contribution in [-0.2, 0) is 0 Å². The van der Waals surface area contributed by atoms with Gasteiger partial charge in [0.2, 0.25) is 0 Å². The predicted octanol–water partition coefficient (Wildman–Crippen LogP) is 1.42. The lowest BCUT2D eigenvalue weighted by Crippen LogP contribution is -2.28. The summed E-state index contributed by atoms with van der Waals surface area (Å²) in [5.41, 5.74) is 2.60. The quantitative estimate of drug-likeness (QED) is 0.593. The van der Waals surface area contributed by atoms with Crippen LogP contribution in [0.3, 0.4) is 0 Å². The van der Waals surface area contributed by atoms with Crippen LogP contribution in [-0.4, -0.2) is 12.3 Å². The van der Waals surface area contributed by atoms with E-state index in [2.05, 4.69) is 47.5 Å². The lowest BCUT2D eigenvalue weighted by atomic mass is 9.96. The molecule has 0 saturated heterocycles. The Morgan fingerprint density at radius 3 is 3.07 bits per heavy atom. The summed E-state index contributed by atoms with van der Waals surface area (Å²) in [6, 6.07) is 8.60. The molecule has 0 unspecified atom stereocenters. The normalized spacial score (nSPS) is 18.4. The number of fused-ring (bicyclic) bond motifs is 2. The van der Waals surface area contributed by atoms with Crippen molar-refractivity contribution in [2.24, 2.45) is 4.99 Å². The van der Waals surface area contributed by atoms with Crippen LogP contribution in [0.5, 0.6) is 0 Å². The van der Waals surface area contributed by atoms with Crippen molar-refractivity contribution >= 4 is 17.4 Å². The zero-order valence-corrected chi connectivity index (χ0v) is 8.61. The van der Waals surface area contributed by atoms with Crippen LogP contribution in [0.25, 0.3) is 11.6 Å². The van der Waals surface area contributed by atoms with Gasteiger partial charge in [-0.2, -0.15) is 0 Å². The molecule has 15 heavy (non-hydrogen) atoms. The molecule has 1 heterocycles. The van der Waals surface area contributed by atoms with E-state index in [9.17, 15) is 0 Å². The number of hydrogen-bond donors (Lipinski definition) is 0. The van der Waals surface area contributed by atoms with Crippen molar-refractivity contribution in [3.63, 3.8) is 0 Å². The Labute approximate surface area is 89.2 Å². The second-order valence-corrected chi connectivity index (χ2v) is 3.94. The average Bonchev–Trinajstić information content (AvgIpc) is 2.48. The van der Waals surface area contributed by atoms with Crippen molar-refractivity contribution in [1.29, 1.82) is 0 Å². The van der Waals surface area contributed by atoms with Crippen LogP contribution in [0.1, 0.15) is 12.8 Å². The Morgan fingerprint density at radius 1 is 1.13 bits per heavy atom. The van der Waals surface area contributed by atoms with Gasteiger partial charge in [0.1, 0.15) is 0 Å². The molecule has 0 spiro atoms. The third-order valence-corrected chi connectivity index (χ3v) is 3.00. The number of nitrogens with zero attached hydrogens (tertiary/aromatic N) is 1. The van der Waals surface area contributed by atoms with Gasteiger partial charge in [0.05, 0.1) is 12.3 Å². The van der Waals surface area contributed by atoms with Crippen molar-refractivity contribution in [2.45, 2.75) is 12.8 Å². The summed E-state index contributed by atoms with van der Waals surface area (Å²) in [5, 5.41) is 2.71. The molecule has 74 valence electrons. The van der Waals surface area contributed by atoms with Gasteiger partial charge in [-0.05, 0) is 34.9 Å². The molecule has 0 atom stereocenters. The molecule has 1 aliphatic heterocycles. The van der Waals surface area contributed by atoms with Crippen molar-refractivity contribution in [2.75, 3.05) is 6.54 Å². The van der Waals surface area contributed by atoms with E-state index in [0.717, 1.165) is 19.4 Å². The fraction of sp³-hybridized carbons (Fsp3) is 0.214. The maximum Gasteiger partial charge on any atom is 0.0613 e. The van der Waals surface area contributed by atoms with Gasteiger partial charge in [-0.25, -0.2) is 0 Å². The highest BCUT2D eigenvalue weighted by Gasteiger charge is 2.10. The van der Waals surface area contributed by atoms with Gasteiger partial charge >= 0.3 is 0 Å². The molecule has 3 rings (SSSR count). The van der Waals surface area contributed by atoms with Gasteiger partial charge < -0.3 is 0 Å². The largest absolute Gasteiger partial charge is 0.281 e. The van der Waals surface area contributed by atoms with Crippen LogP contribution in [0, 0.1) is 0 Å². The third kappa shape index (κ3) is 1.44. The van der Waals surface area contributed by atoms with Gasteiger partial charge in [-0.3, -0.25) is 4.99 Å². The first-order valence-electron chi connectivity index (χ1n) is 5.45. The molecule has 0 saturated carbocycles. The van der Waals surface area contributed by atoms with E-state index < -0.39 is 0 Å². The van der Waals surface area contributed by atoms with Gasteiger partial charge in [0.25, 0.3) is 0 Å². The lowest BCUT2D eigenvalue weighted by molar-refractivity contribution is 1.06. The van der Waals surface area contributed by atoms with Gasteiger partial charge in [-0.15, -0.1) is 0 Å². The van der Waals surface area contributed by atoms with Gasteiger partial charge in [0, 0.05) is 0 Å². The Morgan fingerprint density at radius 2 is 2.07 bits per heavy atom. The summed E-state index contributed by atoms with van der Waals surface area (Å²) in [7, 11) is 0. The minimum atomic E-state index is 0.806. The van der Waals surface area contributed by atoms with E-state index >= 15 is 0 Å². The monoisotopic (exact) mass is 195 g/mol. The Kier molecular flexibility index (Phi) is 2.02. The van der Waals surface area contributed by atoms with Crippen LogP contribution in [0.4, 0.5) is 0 Å². The molecule has 0 radical (unpaired) electrons. The first-order chi connectivity index (χ1) is 7.45. The standard InChI is InChI=1S/C14H13N/c1-2-6-12-11(5-1)9-10-15-14-8-4-3-7-13(12)14/h1-2,4-6,8-9H,3,7,10H2. The first kappa shape index (κ1) is 8.66. The second kappa shape index (κ2) is 3.50. The molecule has 1 aromatic carbocycles. The highest BCUT2D eigenvalue weighted by molar-refractivity contribution is 6.25. The molecular formula is C14H13N. The molecule has 1 nitrogen and oxygen atoms in total. The fourth-order valence-corrected chi connectivity index (χ4v) is 2.26. The smallest absolute Gasteiger partial charge is 0.0613 e. The van der Waals surface area contributed by atoms with Crippen molar-refractivity contribution in [3.8, 4) is 0 Å². The molecule has 0 bridgehead atoms. The SMILES string of the molecule is C1=CC2=NCC=c3ccccc3=C2CC1. The van der Waals surface area contributed by atoms with E-state index in [-0.39, 0.29) is 0 Å². The van der Waals surface area contributed by atoms with Crippen molar-refractivity contribution < 1.29 is 0 Å². The summed E-state index contributed by atoms with van der Waals surface area (Å²) in [6.45, 7) is 0.806. The minimum absolute atomic E-state index is 0.806. The molecule has 1 heteroatoms. The molecule has 1 aromatic rings. The van der Waals surface area contributed by atoms with Crippen molar-refractivity contribution in [3.05, 3.63) is 46.9 Å². The molecule has 0 N–H and O–H groups in total. The number of benzene rings is 1. The fourth-order valence-electron chi connectivity index (χ4n) is 2.26. The van der Waals surface area contributed by atoms with Crippen molar-refractivity contribution in [1.82, 2.24) is 0 Å². The zero-order chi connectivity index (χ0) is 10.1. The summed E-state index contributed by atoms with van der Waals surface area (Å²) in [6.07, 6.45) is 8.86. The van der Waals surface area contributed by atoms with E-state index in [0.29, 0.717) is 0 Å². The molecule has 1 aliphatic carbocycles. The minimum Gasteiger partial charge on any atom is -0.281 e. The molecular weight excluding hydrogens is 182 g/mol. The van der Waals surface area contributed by atoms with E-state index in [1.165, 1.54) is 21.7 Å². The van der Waals surface area contributed by atoms with E-state index in [1.54, 1.807) is 0 Å². The molecule has 2 aliphatic rings. The lowest BCUT2D eigenvalue weighted by Gasteiger charge is -2.10. The number of aliphatic imine (C=N–C) groups is 1. The zero-order valence-electron chi connectivity index (χ0n) is 8.61. The number of hydrogen-bond acceptors (Lipinski definition) is 1. The van der Waals surface area contributed by atoms with Crippen LogP contribution >= 0.6 is 0 Å². The summed E-state index contributed by atoms with van der Waals surface area (Å²) >= 11 is 0. The molecule has 0 amide bonds. The summed E-state index contributed by atoms with van der Waals surface area (Å²) in [5.74, 6) is 0.